The first kappa shape index (κ1) is 19.4. The highest BCUT2D eigenvalue weighted by Gasteiger charge is 2.16. The van der Waals surface area contributed by atoms with Crippen molar-refractivity contribution >= 4 is 11.0 Å². The lowest BCUT2D eigenvalue weighted by Crippen LogP contribution is -2.45. The lowest BCUT2D eigenvalue weighted by Gasteiger charge is -2.32. The summed E-state index contributed by atoms with van der Waals surface area (Å²) in [5.74, 6) is 1.32. The lowest BCUT2D eigenvalue weighted by atomic mass is 10.2. The topological polar surface area (TPSA) is 58.4 Å². The van der Waals surface area contributed by atoms with E-state index in [0.717, 1.165) is 59.0 Å². The van der Waals surface area contributed by atoms with Crippen molar-refractivity contribution < 1.29 is 13.9 Å². The molecule has 0 spiro atoms. The van der Waals surface area contributed by atoms with Gasteiger partial charge in [0.2, 0.25) is 0 Å². The number of benzene rings is 1. The normalized spacial score (nSPS) is 19.9. The Labute approximate surface area is 165 Å². The summed E-state index contributed by atoms with van der Waals surface area (Å²) in [4.78, 5) is 19.6. The molecule has 0 radical (unpaired) electrons. The van der Waals surface area contributed by atoms with Gasteiger partial charge in [-0.05, 0) is 19.2 Å². The number of morpholine rings is 1. The van der Waals surface area contributed by atoms with Gasteiger partial charge in [0, 0.05) is 51.9 Å². The number of hydrogen-bond acceptors (Lipinski definition) is 7. The number of para-hydroxylation sites is 1. The Kier molecular flexibility index (Phi) is 6.26. The van der Waals surface area contributed by atoms with Gasteiger partial charge in [-0.15, -0.1) is 0 Å². The molecule has 4 rings (SSSR count). The zero-order valence-corrected chi connectivity index (χ0v) is 16.6. The van der Waals surface area contributed by atoms with Crippen molar-refractivity contribution in [2.24, 2.45) is 0 Å². The molecular weight excluding hydrogens is 358 g/mol. The maximum atomic E-state index is 12.6. The van der Waals surface area contributed by atoms with Crippen LogP contribution in [0.15, 0.2) is 33.5 Å². The first-order chi connectivity index (χ1) is 13.7. The van der Waals surface area contributed by atoms with Crippen LogP contribution in [0.4, 0.5) is 0 Å². The molecule has 0 aliphatic carbocycles. The average Bonchev–Trinajstić information content (AvgIpc) is 2.71. The minimum atomic E-state index is -0.0194. The van der Waals surface area contributed by atoms with Gasteiger partial charge in [-0.2, -0.15) is 0 Å². The van der Waals surface area contributed by atoms with Crippen LogP contribution in [0.1, 0.15) is 5.76 Å². The van der Waals surface area contributed by atoms with E-state index in [1.54, 1.807) is 12.1 Å². The predicted octanol–water partition coefficient (Wildman–Crippen LogP) is 1.25. The fraction of sp³-hybridized carbons (Fsp3) is 0.571. The molecule has 0 bridgehead atoms. The van der Waals surface area contributed by atoms with E-state index in [1.807, 2.05) is 12.1 Å². The zero-order valence-electron chi connectivity index (χ0n) is 16.6. The first-order valence-electron chi connectivity index (χ1n) is 10.1. The average molecular weight is 387 g/mol. The van der Waals surface area contributed by atoms with Gasteiger partial charge < -0.3 is 18.8 Å². The number of likely N-dealkylation sites (N-methyl/N-ethyl adjacent to an activating group) is 1. The third-order valence-corrected chi connectivity index (χ3v) is 5.51. The molecule has 28 heavy (non-hydrogen) atoms. The van der Waals surface area contributed by atoms with Gasteiger partial charge in [-0.1, -0.05) is 6.07 Å². The van der Waals surface area contributed by atoms with Gasteiger partial charge in [0.05, 0.1) is 25.1 Å². The third kappa shape index (κ3) is 4.72. The summed E-state index contributed by atoms with van der Waals surface area (Å²) in [6, 6.07) is 7.14. The third-order valence-electron chi connectivity index (χ3n) is 5.51. The molecule has 152 valence electrons. The molecule has 0 atom stereocenters. The minimum absolute atomic E-state index is 0.0194. The molecule has 2 aliphatic heterocycles. The smallest absolute Gasteiger partial charge is 0.193 e. The number of rotatable bonds is 6. The van der Waals surface area contributed by atoms with Crippen LogP contribution in [0.2, 0.25) is 0 Å². The van der Waals surface area contributed by atoms with Gasteiger partial charge in [0.1, 0.15) is 12.4 Å². The number of fused-ring (bicyclic) bond motifs is 1. The standard InChI is InChI=1S/C21H29N3O4/c1-22-5-7-23(8-6-22)11-14-27-20-4-2-3-18-19(25)15-17(28-21(18)20)16-24-9-12-26-13-10-24/h2-4,15H,5-14,16H2,1H3. The molecule has 7 heteroatoms. The van der Waals surface area contributed by atoms with E-state index in [4.69, 9.17) is 13.9 Å². The second kappa shape index (κ2) is 9.05. The molecule has 2 fully saturated rings. The van der Waals surface area contributed by atoms with Crippen molar-refractivity contribution in [1.29, 1.82) is 0 Å². The largest absolute Gasteiger partial charge is 0.488 e. The van der Waals surface area contributed by atoms with Crippen LogP contribution in [-0.2, 0) is 11.3 Å². The fourth-order valence-electron chi connectivity index (χ4n) is 3.73. The van der Waals surface area contributed by atoms with Crippen LogP contribution in [0, 0.1) is 0 Å². The van der Waals surface area contributed by atoms with E-state index in [0.29, 0.717) is 35.6 Å². The summed E-state index contributed by atoms with van der Waals surface area (Å²) in [5.41, 5.74) is 0.533. The van der Waals surface area contributed by atoms with E-state index in [9.17, 15) is 4.79 Å². The summed E-state index contributed by atoms with van der Waals surface area (Å²) < 4.78 is 17.5. The summed E-state index contributed by atoms with van der Waals surface area (Å²) in [5, 5.41) is 0.572. The number of nitrogens with zero attached hydrogens (tertiary/aromatic N) is 3. The van der Waals surface area contributed by atoms with Gasteiger partial charge in [0.15, 0.2) is 16.8 Å². The summed E-state index contributed by atoms with van der Waals surface area (Å²) in [6.07, 6.45) is 0. The Bertz CT molecular complexity index is 839. The van der Waals surface area contributed by atoms with Crippen molar-refractivity contribution in [1.82, 2.24) is 14.7 Å². The maximum Gasteiger partial charge on any atom is 0.193 e. The molecule has 1 aromatic heterocycles. The molecular formula is C21H29N3O4. The fourth-order valence-corrected chi connectivity index (χ4v) is 3.73. The summed E-state index contributed by atoms with van der Waals surface area (Å²) in [6.45, 7) is 9.53. The Balaban J connectivity index is 1.45. The Hall–Kier alpha value is -1.93. The lowest BCUT2D eigenvalue weighted by molar-refractivity contribution is 0.0313. The van der Waals surface area contributed by atoms with Crippen LogP contribution in [-0.4, -0.2) is 87.4 Å². The molecule has 0 unspecified atom stereocenters. The van der Waals surface area contributed by atoms with E-state index in [-0.39, 0.29) is 5.43 Å². The van der Waals surface area contributed by atoms with Crippen LogP contribution < -0.4 is 10.2 Å². The van der Waals surface area contributed by atoms with Crippen LogP contribution in [0.3, 0.4) is 0 Å². The molecule has 2 aliphatic rings. The number of ether oxygens (including phenoxy) is 2. The monoisotopic (exact) mass is 387 g/mol. The maximum absolute atomic E-state index is 12.6. The summed E-state index contributed by atoms with van der Waals surface area (Å²) >= 11 is 0. The van der Waals surface area contributed by atoms with Gasteiger partial charge in [-0.25, -0.2) is 0 Å². The highest BCUT2D eigenvalue weighted by atomic mass is 16.5. The van der Waals surface area contributed by atoms with Crippen molar-refractivity contribution in [3.05, 3.63) is 40.2 Å². The Morgan fingerprint density at radius 1 is 1.04 bits per heavy atom. The van der Waals surface area contributed by atoms with Crippen molar-refractivity contribution in [3.63, 3.8) is 0 Å². The number of hydrogen-bond donors (Lipinski definition) is 0. The SMILES string of the molecule is CN1CCN(CCOc2cccc3c(=O)cc(CN4CCOCC4)oc23)CC1. The highest BCUT2D eigenvalue weighted by molar-refractivity contribution is 5.82. The van der Waals surface area contributed by atoms with E-state index in [2.05, 4.69) is 21.7 Å². The van der Waals surface area contributed by atoms with Gasteiger partial charge in [-0.3, -0.25) is 14.6 Å². The molecule has 2 saturated heterocycles. The highest BCUT2D eigenvalue weighted by Crippen LogP contribution is 2.25. The zero-order chi connectivity index (χ0) is 19.3. The first-order valence-corrected chi connectivity index (χ1v) is 10.1. The van der Waals surface area contributed by atoms with Gasteiger partial charge >= 0.3 is 0 Å². The molecule has 7 nitrogen and oxygen atoms in total. The van der Waals surface area contributed by atoms with Crippen molar-refractivity contribution in [2.45, 2.75) is 6.54 Å². The van der Waals surface area contributed by atoms with E-state index < -0.39 is 0 Å². The molecule has 3 heterocycles. The quantitative estimate of drug-likeness (QED) is 0.739. The Morgan fingerprint density at radius 3 is 2.61 bits per heavy atom. The predicted molar refractivity (Wildman–Crippen MR) is 108 cm³/mol. The summed E-state index contributed by atoms with van der Waals surface area (Å²) in [7, 11) is 2.15. The molecule has 1 aromatic carbocycles. The van der Waals surface area contributed by atoms with E-state index in [1.165, 1.54) is 0 Å². The van der Waals surface area contributed by atoms with Crippen LogP contribution in [0.5, 0.6) is 5.75 Å². The van der Waals surface area contributed by atoms with E-state index >= 15 is 0 Å². The molecule has 0 N–H and O–H groups in total. The van der Waals surface area contributed by atoms with Crippen molar-refractivity contribution in [3.8, 4) is 5.75 Å². The molecule has 2 aromatic rings. The van der Waals surface area contributed by atoms with Crippen LogP contribution >= 0.6 is 0 Å². The second-order valence-electron chi connectivity index (χ2n) is 7.59. The molecule has 0 saturated carbocycles. The van der Waals surface area contributed by atoms with Crippen molar-refractivity contribution in [2.75, 3.05) is 72.7 Å². The number of piperazine rings is 1. The molecule has 0 amide bonds. The second-order valence-corrected chi connectivity index (χ2v) is 7.59. The van der Waals surface area contributed by atoms with Crippen LogP contribution in [0.25, 0.3) is 11.0 Å². The minimum Gasteiger partial charge on any atom is -0.488 e. The Morgan fingerprint density at radius 2 is 1.82 bits per heavy atom. The van der Waals surface area contributed by atoms with Gasteiger partial charge in [0.25, 0.3) is 0 Å².